The maximum atomic E-state index is 13.4. The van der Waals surface area contributed by atoms with E-state index in [2.05, 4.69) is 4.98 Å². The molecule has 0 saturated carbocycles. The summed E-state index contributed by atoms with van der Waals surface area (Å²) in [5.41, 5.74) is 0.934. The molecule has 4 heteroatoms. The molecule has 1 aromatic carbocycles. The van der Waals surface area contributed by atoms with Crippen LogP contribution >= 0.6 is 0 Å². The standard InChI is InChI=1S/C12H10FNO2/c1-7-4-8-2-3-14-11(6-12(15)16)9(8)5-10(7)13/h2-5H,6H2,1H3,(H,15,16). The zero-order valence-electron chi connectivity index (χ0n) is 8.70. The number of fused-ring (bicyclic) bond motifs is 1. The molecule has 1 aromatic heterocycles. The number of carboxylic acids is 1. The Bertz CT molecular complexity index is 566. The first kappa shape index (κ1) is 10.5. The van der Waals surface area contributed by atoms with Crippen LogP contribution in [0.1, 0.15) is 11.3 Å². The number of halogens is 1. The molecule has 0 aliphatic heterocycles. The molecule has 3 nitrogen and oxygen atoms in total. The van der Waals surface area contributed by atoms with Gasteiger partial charge in [0.2, 0.25) is 0 Å². The lowest BCUT2D eigenvalue weighted by Crippen LogP contribution is -2.03. The Morgan fingerprint density at radius 1 is 1.50 bits per heavy atom. The minimum atomic E-state index is -0.971. The second-order valence-electron chi connectivity index (χ2n) is 3.65. The summed E-state index contributed by atoms with van der Waals surface area (Å²) in [6, 6.07) is 4.78. The first-order valence-electron chi connectivity index (χ1n) is 4.83. The van der Waals surface area contributed by atoms with Crippen molar-refractivity contribution in [1.29, 1.82) is 0 Å². The Labute approximate surface area is 91.5 Å². The van der Waals surface area contributed by atoms with Crippen molar-refractivity contribution in [2.45, 2.75) is 13.3 Å². The van der Waals surface area contributed by atoms with Crippen LogP contribution in [0.4, 0.5) is 4.39 Å². The van der Waals surface area contributed by atoms with Gasteiger partial charge in [0, 0.05) is 11.6 Å². The summed E-state index contributed by atoms with van der Waals surface area (Å²) in [6.45, 7) is 1.67. The molecule has 0 aliphatic carbocycles. The van der Waals surface area contributed by atoms with Crippen molar-refractivity contribution < 1.29 is 14.3 Å². The van der Waals surface area contributed by atoms with Crippen LogP contribution in [0, 0.1) is 12.7 Å². The molecular formula is C12H10FNO2. The average Bonchev–Trinajstić information content (AvgIpc) is 2.20. The van der Waals surface area contributed by atoms with Gasteiger partial charge in [0.25, 0.3) is 0 Å². The van der Waals surface area contributed by atoms with Crippen LogP contribution in [-0.4, -0.2) is 16.1 Å². The number of benzene rings is 1. The van der Waals surface area contributed by atoms with E-state index in [4.69, 9.17) is 5.11 Å². The van der Waals surface area contributed by atoms with Gasteiger partial charge in [0.05, 0.1) is 12.1 Å². The predicted molar refractivity (Wildman–Crippen MR) is 57.8 cm³/mol. The number of carboxylic acid groups (broad SMARTS) is 1. The van der Waals surface area contributed by atoms with Crippen molar-refractivity contribution in [3.05, 3.63) is 41.5 Å². The van der Waals surface area contributed by atoms with Gasteiger partial charge in [-0.05, 0) is 36.1 Å². The van der Waals surface area contributed by atoms with Gasteiger partial charge < -0.3 is 5.11 Å². The van der Waals surface area contributed by atoms with Crippen LogP contribution in [0.5, 0.6) is 0 Å². The monoisotopic (exact) mass is 219 g/mol. The first-order chi connectivity index (χ1) is 7.58. The highest BCUT2D eigenvalue weighted by Gasteiger charge is 2.09. The molecule has 0 radical (unpaired) electrons. The number of rotatable bonds is 2. The maximum Gasteiger partial charge on any atom is 0.309 e. The number of aryl methyl sites for hydroxylation is 1. The average molecular weight is 219 g/mol. The minimum Gasteiger partial charge on any atom is -0.481 e. The van der Waals surface area contributed by atoms with E-state index in [0.717, 1.165) is 5.39 Å². The lowest BCUT2D eigenvalue weighted by atomic mass is 10.1. The summed E-state index contributed by atoms with van der Waals surface area (Å²) < 4.78 is 13.4. The Morgan fingerprint density at radius 3 is 2.94 bits per heavy atom. The fourth-order valence-electron chi connectivity index (χ4n) is 1.65. The normalized spacial score (nSPS) is 10.6. The molecule has 82 valence electrons. The van der Waals surface area contributed by atoms with E-state index >= 15 is 0 Å². The SMILES string of the molecule is Cc1cc2ccnc(CC(=O)O)c2cc1F. The summed E-state index contributed by atoms with van der Waals surface area (Å²) in [5.74, 6) is -1.31. The lowest BCUT2D eigenvalue weighted by molar-refractivity contribution is -0.136. The first-order valence-corrected chi connectivity index (χ1v) is 4.83. The summed E-state index contributed by atoms with van der Waals surface area (Å²) in [4.78, 5) is 14.6. The summed E-state index contributed by atoms with van der Waals surface area (Å²) in [5, 5.41) is 10.1. The van der Waals surface area contributed by atoms with Crippen LogP contribution in [-0.2, 0) is 11.2 Å². The summed E-state index contributed by atoms with van der Waals surface area (Å²) >= 11 is 0. The van der Waals surface area contributed by atoms with E-state index in [-0.39, 0.29) is 12.2 Å². The predicted octanol–water partition coefficient (Wildman–Crippen LogP) is 2.31. The van der Waals surface area contributed by atoms with Gasteiger partial charge in [-0.3, -0.25) is 9.78 Å². The Kier molecular flexibility index (Phi) is 2.56. The van der Waals surface area contributed by atoms with Crippen molar-refractivity contribution in [3.8, 4) is 0 Å². The van der Waals surface area contributed by atoms with E-state index in [1.807, 2.05) is 0 Å². The van der Waals surface area contributed by atoms with E-state index < -0.39 is 5.97 Å². The van der Waals surface area contributed by atoms with Gasteiger partial charge in [0.1, 0.15) is 5.82 Å². The fraction of sp³-hybridized carbons (Fsp3) is 0.167. The lowest BCUT2D eigenvalue weighted by Gasteiger charge is -2.05. The molecule has 0 bridgehead atoms. The number of pyridine rings is 1. The Hall–Kier alpha value is -1.97. The molecule has 0 fully saturated rings. The number of hydrogen-bond donors (Lipinski definition) is 1. The van der Waals surface area contributed by atoms with Crippen molar-refractivity contribution in [2.24, 2.45) is 0 Å². The number of nitrogens with zero attached hydrogens (tertiary/aromatic N) is 1. The van der Waals surface area contributed by atoms with Crippen molar-refractivity contribution in [1.82, 2.24) is 4.98 Å². The highest BCUT2D eigenvalue weighted by atomic mass is 19.1. The van der Waals surface area contributed by atoms with Gasteiger partial charge >= 0.3 is 5.97 Å². The summed E-state index contributed by atoms with van der Waals surface area (Å²) in [7, 11) is 0. The molecule has 16 heavy (non-hydrogen) atoms. The third-order valence-corrected chi connectivity index (χ3v) is 2.44. The Balaban J connectivity index is 2.67. The van der Waals surface area contributed by atoms with Crippen molar-refractivity contribution >= 4 is 16.7 Å². The number of hydrogen-bond acceptors (Lipinski definition) is 2. The van der Waals surface area contributed by atoms with Crippen molar-refractivity contribution in [2.75, 3.05) is 0 Å². The molecule has 0 spiro atoms. The topological polar surface area (TPSA) is 50.2 Å². The molecule has 0 unspecified atom stereocenters. The van der Waals surface area contributed by atoms with Gasteiger partial charge in [-0.25, -0.2) is 4.39 Å². The zero-order chi connectivity index (χ0) is 11.7. The number of aliphatic carboxylic acids is 1. The largest absolute Gasteiger partial charge is 0.481 e. The minimum absolute atomic E-state index is 0.195. The maximum absolute atomic E-state index is 13.4. The summed E-state index contributed by atoms with van der Waals surface area (Å²) in [6.07, 6.45) is 1.35. The molecule has 0 atom stereocenters. The molecule has 2 aromatic rings. The molecule has 1 heterocycles. The quantitative estimate of drug-likeness (QED) is 0.843. The molecule has 1 N–H and O–H groups in total. The highest BCUT2D eigenvalue weighted by Crippen LogP contribution is 2.21. The number of carbonyl (C=O) groups is 1. The molecule has 0 saturated heterocycles. The second-order valence-corrected chi connectivity index (χ2v) is 3.65. The van der Waals surface area contributed by atoms with Crippen LogP contribution < -0.4 is 0 Å². The highest BCUT2D eigenvalue weighted by molar-refractivity contribution is 5.87. The molecule has 2 rings (SSSR count). The van der Waals surface area contributed by atoms with Crippen molar-refractivity contribution in [3.63, 3.8) is 0 Å². The van der Waals surface area contributed by atoms with Gasteiger partial charge in [-0.2, -0.15) is 0 Å². The third kappa shape index (κ3) is 1.86. The Morgan fingerprint density at radius 2 is 2.25 bits per heavy atom. The smallest absolute Gasteiger partial charge is 0.309 e. The number of aromatic nitrogens is 1. The van der Waals surface area contributed by atoms with Gasteiger partial charge in [-0.1, -0.05) is 0 Å². The third-order valence-electron chi connectivity index (χ3n) is 2.44. The van der Waals surface area contributed by atoms with E-state index in [1.54, 1.807) is 19.1 Å². The fourth-order valence-corrected chi connectivity index (χ4v) is 1.65. The van der Waals surface area contributed by atoms with Gasteiger partial charge in [-0.15, -0.1) is 0 Å². The van der Waals surface area contributed by atoms with Crippen LogP contribution in [0.2, 0.25) is 0 Å². The molecular weight excluding hydrogens is 209 g/mol. The van der Waals surface area contributed by atoms with Crippen LogP contribution in [0.25, 0.3) is 10.8 Å². The van der Waals surface area contributed by atoms with E-state index in [1.165, 1.54) is 12.3 Å². The van der Waals surface area contributed by atoms with E-state index in [0.29, 0.717) is 16.6 Å². The van der Waals surface area contributed by atoms with Crippen LogP contribution in [0.15, 0.2) is 24.4 Å². The van der Waals surface area contributed by atoms with E-state index in [9.17, 15) is 9.18 Å². The molecule has 0 amide bonds. The van der Waals surface area contributed by atoms with Crippen LogP contribution in [0.3, 0.4) is 0 Å². The van der Waals surface area contributed by atoms with Gasteiger partial charge in [0.15, 0.2) is 0 Å². The molecule has 0 aliphatic rings. The second kappa shape index (κ2) is 3.89. The zero-order valence-corrected chi connectivity index (χ0v) is 8.70.